The fourth-order valence-corrected chi connectivity index (χ4v) is 2.14. The number of ether oxygens (including phenoxy) is 2. The first-order valence-electron chi connectivity index (χ1n) is 6.96. The summed E-state index contributed by atoms with van der Waals surface area (Å²) in [5.41, 5.74) is -0.000134. The lowest BCUT2D eigenvalue weighted by atomic mass is 10.2. The van der Waals surface area contributed by atoms with Gasteiger partial charge in [0.25, 0.3) is 11.6 Å². The largest absolute Gasteiger partial charge is 0.496 e. The zero-order chi connectivity index (χ0) is 18.4. The van der Waals surface area contributed by atoms with E-state index in [0.717, 1.165) is 6.07 Å². The maximum atomic E-state index is 12.0. The Balaban J connectivity index is 1.98. The molecule has 0 radical (unpaired) electrons. The van der Waals surface area contributed by atoms with Crippen LogP contribution in [0.4, 0.5) is 11.4 Å². The van der Waals surface area contributed by atoms with Gasteiger partial charge in [0, 0.05) is 11.8 Å². The molecule has 0 aliphatic carbocycles. The van der Waals surface area contributed by atoms with E-state index in [-0.39, 0.29) is 22.0 Å². The maximum Gasteiger partial charge on any atom is 0.342 e. The van der Waals surface area contributed by atoms with Gasteiger partial charge in [-0.25, -0.2) is 4.79 Å². The van der Waals surface area contributed by atoms with Crippen molar-refractivity contribution in [2.24, 2.45) is 0 Å². The molecule has 0 bridgehead atoms. The summed E-state index contributed by atoms with van der Waals surface area (Å²) in [4.78, 5) is 34.0. The van der Waals surface area contributed by atoms with Crippen molar-refractivity contribution in [2.45, 2.75) is 0 Å². The van der Waals surface area contributed by atoms with Crippen molar-refractivity contribution in [3.8, 4) is 5.75 Å². The van der Waals surface area contributed by atoms with Crippen molar-refractivity contribution in [1.29, 1.82) is 0 Å². The molecule has 130 valence electrons. The third-order valence-electron chi connectivity index (χ3n) is 3.09. The molecule has 0 heterocycles. The third-order valence-corrected chi connectivity index (χ3v) is 3.41. The average Bonchev–Trinajstić information content (AvgIpc) is 2.61. The number of carbonyl (C=O) groups excluding carboxylic acids is 2. The number of methoxy groups -OCH3 is 1. The Kier molecular flexibility index (Phi) is 5.91. The minimum Gasteiger partial charge on any atom is -0.496 e. The number of hydrogen-bond donors (Lipinski definition) is 1. The molecule has 0 aromatic heterocycles. The Morgan fingerprint density at radius 3 is 2.64 bits per heavy atom. The van der Waals surface area contributed by atoms with Crippen molar-refractivity contribution in [2.75, 3.05) is 19.0 Å². The topological polar surface area (TPSA) is 108 Å². The zero-order valence-corrected chi connectivity index (χ0v) is 13.8. The van der Waals surface area contributed by atoms with Crippen LogP contribution < -0.4 is 10.1 Å². The quantitative estimate of drug-likeness (QED) is 0.479. The Morgan fingerprint density at radius 2 is 1.96 bits per heavy atom. The molecule has 2 aromatic rings. The first-order chi connectivity index (χ1) is 11.9. The van der Waals surface area contributed by atoms with E-state index >= 15 is 0 Å². The number of nitro benzene ring substituents is 1. The molecule has 0 unspecified atom stereocenters. The van der Waals surface area contributed by atoms with Gasteiger partial charge in [-0.1, -0.05) is 23.7 Å². The van der Waals surface area contributed by atoms with Crippen molar-refractivity contribution < 1.29 is 24.0 Å². The van der Waals surface area contributed by atoms with E-state index in [1.54, 1.807) is 18.2 Å². The SMILES string of the molecule is COc1ccccc1C(=O)OCC(=O)Nc1ccc(Cl)c([N+](=O)[O-])c1. The smallest absolute Gasteiger partial charge is 0.342 e. The molecule has 25 heavy (non-hydrogen) atoms. The fraction of sp³-hybridized carbons (Fsp3) is 0.125. The second-order valence-electron chi connectivity index (χ2n) is 4.75. The van der Waals surface area contributed by atoms with Crippen molar-refractivity contribution in [3.63, 3.8) is 0 Å². The number of nitrogens with zero attached hydrogens (tertiary/aromatic N) is 1. The lowest BCUT2D eigenvalue weighted by Crippen LogP contribution is -2.21. The number of carbonyl (C=O) groups is 2. The highest BCUT2D eigenvalue weighted by Gasteiger charge is 2.16. The molecule has 1 amide bonds. The molecule has 0 saturated carbocycles. The maximum absolute atomic E-state index is 12.0. The minimum atomic E-state index is -0.727. The molecule has 2 aromatic carbocycles. The van der Waals surface area contributed by atoms with Gasteiger partial charge in [-0.3, -0.25) is 14.9 Å². The number of halogens is 1. The summed E-state index contributed by atoms with van der Waals surface area (Å²) in [6.07, 6.45) is 0. The van der Waals surface area contributed by atoms with E-state index in [4.69, 9.17) is 21.1 Å². The van der Waals surface area contributed by atoms with Crippen LogP contribution in [0.1, 0.15) is 10.4 Å². The first kappa shape index (κ1) is 18.2. The summed E-state index contributed by atoms with van der Waals surface area (Å²) in [7, 11) is 1.41. The zero-order valence-electron chi connectivity index (χ0n) is 13.0. The van der Waals surface area contributed by atoms with E-state index in [1.165, 1.54) is 25.3 Å². The predicted octanol–water partition coefficient (Wildman–Crippen LogP) is 3.05. The van der Waals surface area contributed by atoms with Gasteiger partial charge < -0.3 is 14.8 Å². The monoisotopic (exact) mass is 364 g/mol. The second-order valence-corrected chi connectivity index (χ2v) is 5.16. The number of rotatable bonds is 6. The first-order valence-corrected chi connectivity index (χ1v) is 7.34. The van der Waals surface area contributed by atoms with Crippen molar-refractivity contribution >= 4 is 34.9 Å². The van der Waals surface area contributed by atoms with Gasteiger partial charge >= 0.3 is 5.97 Å². The van der Waals surface area contributed by atoms with Gasteiger partial charge in [0.15, 0.2) is 6.61 Å². The van der Waals surface area contributed by atoms with Crippen LogP contribution in [-0.4, -0.2) is 30.5 Å². The van der Waals surface area contributed by atoms with Crippen molar-refractivity contribution in [1.82, 2.24) is 0 Å². The van der Waals surface area contributed by atoms with Gasteiger partial charge in [-0.15, -0.1) is 0 Å². The highest BCUT2D eigenvalue weighted by Crippen LogP contribution is 2.27. The molecule has 0 fully saturated rings. The Bertz CT molecular complexity index is 824. The van der Waals surface area contributed by atoms with Gasteiger partial charge in [0.05, 0.1) is 12.0 Å². The summed E-state index contributed by atoms with van der Waals surface area (Å²) in [6.45, 7) is -0.562. The lowest BCUT2D eigenvalue weighted by molar-refractivity contribution is -0.384. The Morgan fingerprint density at radius 1 is 1.24 bits per heavy atom. The Labute approximate surface area is 147 Å². The highest BCUT2D eigenvalue weighted by molar-refractivity contribution is 6.32. The Hall–Kier alpha value is -3.13. The van der Waals surface area contributed by atoms with Crippen molar-refractivity contribution in [3.05, 3.63) is 63.2 Å². The average molecular weight is 365 g/mol. The predicted molar refractivity (Wildman–Crippen MR) is 90.0 cm³/mol. The van der Waals surface area contributed by atoms with E-state index in [2.05, 4.69) is 5.32 Å². The van der Waals surface area contributed by atoms with Crippen LogP contribution in [0.15, 0.2) is 42.5 Å². The number of amides is 1. The normalized spacial score (nSPS) is 10.0. The van der Waals surface area contributed by atoms with E-state index in [1.807, 2.05) is 0 Å². The molecule has 0 aliphatic rings. The van der Waals surface area contributed by atoms with E-state index < -0.39 is 23.4 Å². The van der Waals surface area contributed by atoms with E-state index in [9.17, 15) is 19.7 Å². The summed E-state index contributed by atoms with van der Waals surface area (Å²) < 4.78 is 9.95. The molecule has 0 atom stereocenters. The molecule has 1 N–H and O–H groups in total. The number of hydrogen-bond acceptors (Lipinski definition) is 6. The number of anilines is 1. The minimum absolute atomic E-state index is 0.0504. The summed E-state index contributed by atoms with van der Waals surface area (Å²) in [5.74, 6) is -1.06. The summed E-state index contributed by atoms with van der Waals surface area (Å²) in [5, 5.41) is 13.2. The third kappa shape index (κ3) is 4.67. The van der Waals surface area contributed by atoms with Gasteiger partial charge in [-0.05, 0) is 24.3 Å². The summed E-state index contributed by atoms with van der Waals surface area (Å²) >= 11 is 5.69. The summed E-state index contributed by atoms with van der Waals surface area (Å²) in [6, 6.07) is 10.2. The molecule has 0 aliphatic heterocycles. The molecule has 9 heteroatoms. The lowest BCUT2D eigenvalue weighted by Gasteiger charge is -2.09. The standard InChI is InChI=1S/C16H13ClN2O6/c1-24-14-5-3-2-4-11(14)16(21)25-9-15(20)18-10-6-7-12(17)13(8-10)19(22)23/h2-8H,9H2,1H3,(H,18,20). The molecular formula is C16H13ClN2O6. The number of benzene rings is 2. The second kappa shape index (κ2) is 8.11. The van der Waals surface area contributed by atoms with Gasteiger partial charge in [-0.2, -0.15) is 0 Å². The molecule has 8 nitrogen and oxygen atoms in total. The van der Waals surface area contributed by atoms with Crippen LogP contribution in [0.5, 0.6) is 5.75 Å². The van der Waals surface area contributed by atoms with Crippen LogP contribution in [0.3, 0.4) is 0 Å². The van der Waals surface area contributed by atoms with Crippen LogP contribution in [0, 0.1) is 10.1 Å². The number of nitro groups is 1. The molecular weight excluding hydrogens is 352 g/mol. The number of para-hydroxylation sites is 1. The van der Waals surface area contributed by atoms with Crippen LogP contribution in [0.2, 0.25) is 5.02 Å². The van der Waals surface area contributed by atoms with Gasteiger partial charge in [0.2, 0.25) is 0 Å². The number of nitrogens with one attached hydrogen (secondary N) is 1. The fourth-order valence-electron chi connectivity index (χ4n) is 1.95. The highest BCUT2D eigenvalue weighted by atomic mass is 35.5. The molecule has 2 rings (SSSR count). The van der Waals surface area contributed by atoms with E-state index in [0.29, 0.717) is 5.75 Å². The molecule has 0 saturated heterocycles. The van der Waals surface area contributed by atoms with Crippen LogP contribution in [0.25, 0.3) is 0 Å². The van der Waals surface area contributed by atoms with Crippen LogP contribution in [-0.2, 0) is 9.53 Å². The van der Waals surface area contributed by atoms with Crippen LogP contribution >= 0.6 is 11.6 Å². The number of esters is 1. The molecule has 0 spiro atoms. The van der Waals surface area contributed by atoms with Gasteiger partial charge in [0.1, 0.15) is 16.3 Å².